The number of hydrogen-bond acceptors (Lipinski definition) is 8. The number of rotatable bonds is 9. The lowest BCUT2D eigenvalue weighted by molar-refractivity contribution is -0.117. The van der Waals surface area contributed by atoms with Gasteiger partial charge in [-0.3, -0.25) is 9.52 Å². The van der Waals surface area contributed by atoms with E-state index in [-0.39, 0.29) is 27.9 Å². The molecule has 4 rings (SSSR count). The van der Waals surface area contributed by atoms with Crippen molar-refractivity contribution in [1.29, 1.82) is 0 Å². The Bertz CT molecular complexity index is 1590. The largest absolute Gasteiger partial charge is 0.497 e. The molecule has 0 bridgehead atoms. The van der Waals surface area contributed by atoms with Crippen LogP contribution in [0.15, 0.2) is 71.6 Å². The molecule has 1 heterocycles. The van der Waals surface area contributed by atoms with Crippen LogP contribution in [0, 0.1) is 5.41 Å². The van der Waals surface area contributed by atoms with Crippen LogP contribution in [0.3, 0.4) is 0 Å². The van der Waals surface area contributed by atoms with Gasteiger partial charge in [0.15, 0.2) is 11.6 Å². The van der Waals surface area contributed by atoms with Crippen molar-refractivity contribution in [2.45, 2.75) is 32.1 Å². The Morgan fingerprint density at radius 2 is 1.44 bits per heavy atom. The smallest absolute Gasteiger partial charge is 0.263 e. The Labute approximate surface area is 227 Å². The lowest BCUT2D eigenvalue weighted by atomic mass is 9.92. The summed E-state index contributed by atoms with van der Waals surface area (Å²) in [7, 11) is -1.04. The Kier molecular flexibility index (Phi) is 7.91. The molecule has 39 heavy (non-hydrogen) atoms. The van der Waals surface area contributed by atoms with Gasteiger partial charge in [0.25, 0.3) is 10.0 Å². The van der Waals surface area contributed by atoms with E-state index in [4.69, 9.17) is 9.47 Å². The molecule has 11 heteroatoms. The van der Waals surface area contributed by atoms with E-state index < -0.39 is 10.0 Å². The van der Waals surface area contributed by atoms with Gasteiger partial charge < -0.3 is 20.1 Å². The van der Waals surface area contributed by atoms with Crippen LogP contribution in [0.4, 0.5) is 23.0 Å². The van der Waals surface area contributed by atoms with Gasteiger partial charge in [-0.25, -0.2) is 18.4 Å². The highest BCUT2D eigenvalue weighted by Gasteiger charge is 2.21. The molecule has 0 spiro atoms. The first-order valence-electron chi connectivity index (χ1n) is 12.2. The van der Waals surface area contributed by atoms with Gasteiger partial charge in [-0.2, -0.15) is 0 Å². The first-order valence-corrected chi connectivity index (χ1v) is 13.6. The highest BCUT2D eigenvalue weighted by atomic mass is 32.2. The van der Waals surface area contributed by atoms with Crippen molar-refractivity contribution in [3.8, 4) is 11.5 Å². The first kappa shape index (κ1) is 27.6. The highest BCUT2D eigenvalue weighted by molar-refractivity contribution is 7.92. The third-order valence-corrected chi connectivity index (χ3v) is 6.87. The Morgan fingerprint density at radius 3 is 2.03 bits per heavy atom. The summed E-state index contributed by atoms with van der Waals surface area (Å²) in [5.74, 6) is 1.06. The zero-order chi connectivity index (χ0) is 28.2. The monoisotopic (exact) mass is 549 g/mol. The van der Waals surface area contributed by atoms with E-state index >= 15 is 0 Å². The number of methoxy groups -OCH3 is 2. The van der Waals surface area contributed by atoms with Crippen molar-refractivity contribution < 1.29 is 22.7 Å². The molecule has 1 aromatic heterocycles. The maximum absolute atomic E-state index is 13.5. The van der Waals surface area contributed by atoms with Crippen LogP contribution in [-0.2, 0) is 14.8 Å². The molecule has 0 aliphatic carbocycles. The second-order valence-electron chi connectivity index (χ2n) is 10.1. The van der Waals surface area contributed by atoms with Gasteiger partial charge in [-0.15, -0.1) is 0 Å². The minimum absolute atomic E-state index is 0.00217. The van der Waals surface area contributed by atoms with Crippen molar-refractivity contribution in [3.05, 3.63) is 66.7 Å². The Balaban J connectivity index is 1.68. The third-order valence-electron chi connectivity index (χ3n) is 5.53. The van der Waals surface area contributed by atoms with Gasteiger partial charge in [0.2, 0.25) is 5.91 Å². The van der Waals surface area contributed by atoms with Gasteiger partial charge in [-0.05, 0) is 35.7 Å². The predicted octanol–water partition coefficient (Wildman–Crippen LogP) is 5.57. The topological polar surface area (TPSA) is 132 Å². The third kappa shape index (κ3) is 7.14. The average Bonchev–Trinajstić information content (AvgIpc) is 2.87. The molecule has 0 atom stereocenters. The number of carbonyl (C=O) groups is 1. The van der Waals surface area contributed by atoms with Crippen LogP contribution in [0.2, 0.25) is 0 Å². The Hall–Kier alpha value is -4.38. The maximum Gasteiger partial charge on any atom is 0.263 e. The predicted molar refractivity (Wildman–Crippen MR) is 152 cm³/mol. The van der Waals surface area contributed by atoms with E-state index in [1.807, 2.05) is 26.8 Å². The zero-order valence-corrected chi connectivity index (χ0v) is 23.2. The number of aromatic nitrogens is 2. The molecule has 0 aliphatic rings. The lowest BCUT2D eigenvalue weighted by Gasteiger charge is -2.17. The number of hydrogen-bond donors (Lipinski definition) is 3. The molecule has 1 amide bonds. The number of ether oxygens (including phenoxy) is 2. The van der Waals surface area contributed by atoms with E-state index in [1.165, 1.54) is 26.4 Å². The second-order valence-corrected chi connectivity index (χ2v) is 11.7. The van der Waals surface area contributed by atoms with Gasteiger partial charge in [0.1, 0.15) is 11.5 Å². The number of para-hydroxylation sites is 2. The second kappa shape index (κ2) is 11.2. The van der Waals surface area contributed by atoms with E-state index in [0.29, 0.717) is 40.3 Å². The number of anilines is 4. The van der Waals surface area contributed by atoms with Crippen molar-refractivity contribution in [1.82, 2.24) is 9.97 Å². The summed E-state index contributed by atoms with van der Waals surface area (Å²) in [6.45, 7) is 5.86. The van der Waals surface area contributed by atoms with Gasteiger partial charge in [0, 0.05) is 36.0 Å². The highest BCUT2D eigenvalue weighted by Crippen LogP contribution is 2.31. The Morgan fingerprint density at radius 1 is 0.821 bits per heavy atom. The summed E-state index contributed by atoms with van der Waals surface area (Å²) in [5, 5.41) is 5.90. The van der Waals surface area contributed by atoms with Crippen LogP contribution >= 0.6 is 0 Å². The molecule has 0 aliphatic heterocycles. The van der Waals surface area contributed by atoms with Crippen LogP contribution in [0.25, 0.3) is 11.0 Å². The van der Waals surface area contributed by atoms with Crippen molar-refractivity contribution in [2.24, 2.45) is 5.41 Å². The fourth-order valence-corrected chi connectivity index (χ4v) is 4.84. The van der Waals surface area contributed by atoms with E-state index in [0.717, 1.165) is 0 Å². The SMILES string of the molecule is COc1cc(Nc2nc3ccccc3nc2NS(=O)(=O)c2cccc(NC(=O)CC(C)(C)C)c2)cc(OC)c1. The summed E-state index contributed by atoms with van der Waals surface area (Å²) in [6, 6.07) is 18.3. The average molecular weight is 550 g/mol. The fraction of sp³-hybridized carbons (Fsp3) is 0.250. The lowest BCUT2D eigenvalue weighted by Crippen LogP contribution is -2.20. The summed E-state index contributed by atoms with van der Waals surface area (Å²) >= 11 is 0. The van der Waals surface area contributed by atoms with Crippen LogP contribution in [0.1, 0.15) is 27.2 Å². The van der Waals surface area contributed by atoms with Gasteiger partial charge in [-0.1, -0.05) is 39.0 Å². The van der Waals surface area contributed by atoms with E-state index in [2.05, 4.69) is 25.3 Å². The molecule has 204 valence electrons. The number of amides is 1. The first-order chi connectivity index (χ1) is 18.5. The zero-order valence-electron chi connectivity index (χ0n) is 22.4. The summed E-state index contributed by atoms with van der Waals surface area (Å²) in [5.41, 5.74) is 1.80. The molecule has 0 saturated carbocycles. The molecule has 4 aromatic rings. The molecule has 3 aromatic carbocycles. The van der Waals surface area contributed by atoms with E-state index in [9.17, 15) is 13.2 Å². The number of fused-ring (bicyclic) bond motifs is 1. The van der Waals surface area contributed by atoms with Crippen LogP contribution in [0.5, 0.6) is 11.5 Å². The molecular formula is C28H31N5O5S. The van der Waals surface area contributed by atoms with Crippen LogP contribution < -0.4 is 24.8 Å². The molecule has 0 unspecified atom stereocenters. The van der Waals surface area contributed by atoms with Gasteiger partial charge in [0.05, 0.1) is 30.1 Å². The number of nitrogens with one attached hydrogen (secondary N) is 3. The molecule has 3 N–H and O–H groups in total. The number of carbonyl (C=O) groups excluding carboxylic acids is 1. The van der Waals surface area contributed by atoms with Crippen molar-refractivity contribution in [2.75, 3.05) is 29.6 Å². The minimum Gasteiger partial charge on any atom is -0.497 e. The molecule has 0 radical (unpaired) electrons. The van der Waals surface area contributed by atoms with Crippen molar-refractivity contribution in [3.63, 3.8) is 0 Å². The summed E-state index contributed by atoms with van der Waals surface area (Å²) in [4.78, 5) is 21.5. The summed E-state index contributed by atoms with van der Waals surface area (Å²) in [6.07, 6.45) is 0.291. The number of benzene rings is 3. The normalized spacial score (nSPS) is 11.6. The minimum atomic E-state index is -4.11. The quantitative estimate of drug-likeness (QED) is 0.247. The number of nitrogens with zero attached hydrogens (tertiary/aromatic N) is 2. The van der Waals surface area contributed by atoms with Gasteiger partial charge >= 0.3 is 0 Å². The molecule has 10 nitrogen and oxygen atoms in total. The number of sulfonamides is 1. The molecular weight excluding hydrogens is 518 g/mol. The molecule has 0 saturated heterocycles. The molecule has 0 fully saturated rings. The van der Waals surface area contributed by atoms with E-state index in [1.54, 1.807) is 48.5 Å². The maximum atomic E-state index is 13.5. The van der Waals surface area contributed by atoms with Crippen LogP contribution in [-0.4, -0.2) is 38.5 Å². The standard InChI is InChI=1S/C28H31N5O5S/c1-28(2,3)17-25(34)29-18-9-8-10-22(15-18)39(35,36)33-27-26(31-23-11-6-7-12-24(23)32-27)30-19-13-20(37-4)16-21(14-19)38-5/h6-16H,17H2,1-5H3,(H,29,34)(H,30,31)(H,32,33). The summed E-state index contributed by atoms with van der Waals surface area (Å²) < 4.78 is 40.1. The fourth-order valence-electron chi connectivity index (χ4n) is 3.79. The van der Waals surface area contributed by atoms with Crippen molar-refractivity contribution >= 4 is 50.0 Å².